The summed E-state index contributed by atoms with van der Waals surface area (Å²) in [6.45, 7) is 2.50. The number of carbonyl (C=O) groups excluding carboxylic acids is 1. The lowest BCUT2D eigenvalue weighted by Crippen LogP contribution is -2.24. The van der Waals surface area contributed by atoms with Crippen LogP contribution in [0, 0.1) is 0 Å². The Morgan fingerprint density at radius 2 is 1.93 bits per heavy atom. The molecular formula is C10H19NO3. The van der Waals surface area contributed by atoms with Crippen LogP contribution >= 0.6 is 0 Å². The predicted octanol–water partition coefficient (Wildman–Crippen LogP) is 1.20. The summed E-state index contributed by atoms with van der Waals surface area (Å²) in [5.74, 6) is -0.667. The minimum absolute atomic E-state index is 0.0672. The lowest BCUT2D eigenvalue weighted by molar-refractivity contribution is -0.136. The number of nitrogens with one attached hydrogen (secondary N) is 1. The Balaban J connectivity index is 3.22. The van der Waals surface area contributed by atoms with Crippen molar-refractivity contribution in [3.05, 3.63) is 0 Å². The number of hydrogen-bond donors (Lipinski definition) is 2. The fourth-order valence-corrected chi connectivity index (χ4v) is 1.12. The van der Waals surface area contributed by atoms with Crippen molar-refractivity contribution in [1.29, 1.82) is 0 Å². The Labute approximate surface area is 84.7 Å². The molecule has 0 saturated heterocycles. The van der Waals surface area contributed by atoms with E-state index in [2.05, 4.69) is 12.2 Å². The summed E-state index contributed by atoms with van der Waals surface area (Å²) in [5, 5.41) is 11.0. The van der Waals surface area contributed by atoms with Crippen LogP contribution in [-0.2, 0) is 9.59 Å². The summed E-state index contributed by atoms with van der Waals surface area (Å²) in [6.07, 6.45) is 4.23. The molecule has 0 atom stereocenters. The molecule has 2 N–H and O–H groups in total. The summed E-state index contributed by atoms with van der Waals surface area (Å²) >= 11 is 0. The third-order valence-electron chi connectivity index (χ3n) is 1.92. The minimum atomic E-state index is -0.886. The van der Waals surface area contributed by atoms with Crippen molar-refractivity contribution in [2.45, 2.75) is 39.0 Å². The maximum Gasteiger partial charge on any atom is 0.317 e. The Kier molecular flexibility index (Phi) is 8.13. The van der Waals surface area contributed by atoms with Crippen molar-refractivity contribution >= 4 is 11.8 Å². The van der Waals surface area contributed by atoms with Crippen molar-refractivity contribution in [2.75, 3.05) is 13.1 Å². The minimum Gasteiger partial charge on any atom is -0.480 e. The van der Waals surface area contributed by atoms with Gasteiger partial charge in [0, 0.05) is 19.4 Å². The molecule has 0 fully saturated rings. The molecule has 0 rings (SSSR count). The van der Waals surface area contributed by atoms with Crippen LogP contribution in [0.1, 0.15) is 39.0 Å². The number of aliphatic carboxylic acids is 1. The van der Waals surface area contributed by atoms with Gasteiger partial charge in [0.25, 0.3) is 0 Å². The van der Waals surface area contributed by atoms with Gasteiger partial charge in [-0.25, -0.2) is 0 Å². The van der Waals surface area contributed by atoms with E-state index in [-0.39, 0.29) is 12.3 Å². The Hall–Kier alpha value is -0.900. The van der Waals surface area contributed by atoms with Crippen LogP contribution in [0.15, 0.2) is 0 Å². The maximum atomic E-state index is 11.2. The highest BCUT2D eigenvalue weighted by Gasteiger charge is 2.01. The molecule has 0 aromatic rings. The molecule has 0 spiro atoms. The molecule has 14 heavy (non-hydrogen) atoms. The van der Waals surface area contributed by atoms with E-state index >= 15 is 0 Å². The number of rotatable bonds is 9. The van der Waals surface area contributed by atoms with Gasteiger partial charge in [-0.05, 0) is 6.42 Å². The topological polar surface area (TPSA) is 66.4 Å². The molecule has 0 amide bonds. The first-order valence-corrected chi connectivity index (χ1v) is 5.11. The van der Waals surface area contributed by atoms with Gasteiger partial charge in [0.05, 0.1) is 6.54 Å². The third-order valence-corrected chi connectivity index (χ3v) is 1.92. The van der Waals surface area contributed by atoms with E-state index in [4.69, 9.17) is 5.11 Å². The first-order chi connectivity index (χ1) is 6.66. The Bertz CT molecular complexity index is 180. The molecular weight excluding hydrogens is 182 g/mol. The molecule has 82 valence electrons. The third kappa shape index (κ3) is 9.19. The van der Waals surface area contributed by atoms with Gasteiger partial charge >= 0.3 is 5.97 Å². The van der Waals surface area contributed by atoms with Crippen LogP contribution in [0.2, 0.25) is 0 Å². The van der Waals surface area contributed by atoms with Gasteiger partial charge < -0.3 is 10.4 Å². The van der Waals surface area contributed by atoms with Gasteiger partial charge in [0.15, 0.2) is 0 Å². The molecule has 0 aliphatic rings. The van der Waals surface area contributed by atoms with Crippen LogP contribution < -0.4 is 5.32 Å². The number of carboxylic acid groups (broad SMARTS) is 1. The van der Waals surface area contributed by atoms with Crippen molar-refractivity contribution in [3.8, 4) is 0 Å². The van der Waals surface area contributed by atoms with E-state index < -0.39 is 5.97 Å². The number of ketones is 1. The molecule has 4 nitrogen and oxygen atoms in total. The molecule has 4 heteroatoms. The molecule has 0 radical (unpaired) electrons. The largest absolute Gasteiger partial charge is 0.480 e. The second kappa shape index (κ2) is 8.69. The zero-order valence-electron chi connectivity index (χ0n) is 8.71. The number of unbranched alkanes of at least 4 members (excludes halogenated alkanes) is 2. The van der Waals surface area contributed by atoms with Crippen molar-refractivity contribution in [3.63, 3.8) is 0 Å². The van der Waals surface area contributed by atoms with E-state index in [9.17, 15) is 9.59 Å². The van der Waals surface area contributed by atoms with E-state index in [0.717, 1.165) is 19.3 Å². The molecule has 0 aromatic heterocycles. The molecule has 0 aromatic carbocycles. The summed E-state index contributed by atoms with van der Waals surface area (Å²) in [5.41, 5.74) is 0. The fourth-order valence-electron chi connectivity index (χ4n) is 1.12. The average molecular weight is 201 g/mol. The van der Waals surface area contributed by atoms with Crippen LogP contribution in [-0.4, -0.2) is 29.9 Å². The summed E-state index contributed by atoms with van der Waals surface area (Å²) in [4.78, 5) is 21.3. The molecule has 0 aliphatic carbocycles. The molecule has 0 saturated carbocycles. The normalized spacial score (nSPS) is 10.1. The van der Waals surface area contributed by atoms with Crippen molar-refractivity contribution in [2.24, 2.45) is 0 Å². The first kappa shape index (κ1) is 13.1. The van der Waals surface area contributed by atoms with Crippen LogP contribution in [0.4, 0.5) is 0 Å². The smallest absolute Gasteiger partial charge is 0.317 e. The molecule has 0 unspecified atom stereocenters. The van der Waals surface area contributed by atoms with E-state index in [1.807, 2.05) is 0 Å². The number of carbonyl (C=O) groups is 2. The maximum absolute atomic E-state index is 11.2. The molecule has 0 aliphatic heterocycles. The summed E-state index contributed by atoms with van der Waals surface area (Å²) in [7, 11) is 0. The van der Waals surface area contributed by atoms with Crippen molar-refractivity contribution in [1.82, 2.24) is 5.32 Å². The van der Waals surface area contributed by atoms with E-state index in [0.29, 0.717) is 19.4 Å². The molecule has 0 heterocycles. The zero-order chi connectivity index (χ0) is 10.8. The van der Waals surface area contributed by atoms with Gasteiger partial charge in [-0.2, -0.15) is 0 Å². The zero-order valence-corrected chi connectivity index (χ0v) is 8.71. The average Bonchev–Trinajstić information content (AvgIpc) is 2.13. The highest BCUT2D eigenvalue weighted by atomic mass is 16.4. The SMILES string of the molecule is CCCCCC(=O)CCNCC(=O)O. The predicted molar refractivity (Wildman–Crippen MR) is 54.3 cm³/mol. The Morgan fingerprint density at radius 1 is 1.21 bits per heavy atom. The number of carboxylic acids is 1. The Morgan fingerprint density at radius 3 is 2.50 bits per heavy atom. The highest BCUT2D eigenvalue weighted by Crippen LogP contribution is 2.00. The van der Waals surface area contributed by atoms with Gasteiger partial charge in [0.2, 0.25) is 0 Å². The summed E-state index contributed by atoms with van der Waals surface area (Å²) < 4.78 is 0. The van der Waals surface area contributed by atoms with Crippen LogP contribution in [0.25, 0.3) is 0 Å². The van der Waals surface area contributed by atoms with Crippen LogP contribution in [0.3, 0.4) is 0 Å². The fraction of sp³-hybridized carbons (Fsp3) is 0.800. The standard InChI is InChI=1S/C10H19NO3/c1-2-3-4-5-9(12)6-7-11-8-10(13)14/h11H,2-8H2,1H3,(H,13,14). The quantitative estimate of drug-likeness (QED) is 0.550. The van der Waals surface area contributed by atoms with Crippen LogP contribution in [0.5, 0.6) is 0 Å². The highest BCUT2D eigenvalue weighted by molar-refractivity contribution is 5.78. The van der Waals surface area contributed by atoms with E-state index in [1.54, 1.807) is 0 Å². The van der Waals surface area contributed by atoms with Crippen molar-refractivity contribution < 1.29 is 14.7 Å². The summed E-state index contributed by atoms with van der Waals surface area (Å²) in [6, 6.07) is 0. The lowest BCUT2D eigenvalue weighted by Gasteiger charge is -2.01. The lowest BCUT2D eigenvalue weighted by atomic mass is 10.1. The first-order valence-electron chi connectivity index (χ1n) is 5.11. The van der Waals surface area contributed by atoms with Gasteiger partial charge in [-0.15, -0.1) is 0 Å². The number of Topliss-reactive ketones (excluding diaryl/α,β-unsaturated/α-hetero) is 1. The van der Waals surface area contributed by atoms with Gasteiger partial charge in [0.1, 0.15) is 5.78 Å². The second-order valence-corrected chi connectivity index (χ2v) is 3.32. The molecule has 0 bridgehead atoms. The second-order valence-electron chi connectivity index (χ2n) is 3.32. The number of hydrogen-bond acceptors (Lipinski definition) is 3. The van der Waals surface area contributed by atoms with Gasteiger partial charge in [-0.3, -0.25) is 9.59 Å². The monoisotopic (exact) mass is 201 g/mol. The van der Waals surface area contributed by atoms with Gasteiger partial charge in [-0.1, -0.05) is 19.8 Å². The van der Waals surface area contributed by atoms with E-state index in [1.165, 1.54) is 0 Å².